The number of alkyl halides is 1. The van der Waals surface area contributed by atoms with Crippen LogP contribution >= 0.6 is 22.9 Å². The van der Waals surface area contributed by atoms with Crippen molar-refractivity contribution in [1.82, 2.24) is 15.2 Å². The molecular formula is C9H11ClN4OS. The molecule has 0 amide bonds. The van der Waals surface area contributed by atoms with Crippen LogP contribution in [-0.4, -0.2) is 15.2 Å². The van der Waals surface area contributed by atoms with Crippen molar-refractivity contribution < 1.29 is 4.42 Å². The van der Waals surface area contributed by atoms with E-state index in [0.717, 1.165) is 10.7 Å². The van der Waals surface area contributed by atoms with Crippen molar-refractivity contribution in [1.29, 1.82) is 0 Å². The predicted molar refractivity (Wildman–Crippen MR) is 62.7 cm³/mol. The fourth-order valence-electron chi connectivity index (χ4n) is 1.10. The molecule has 0 saturated carbocycles. The molecule has 7 heteroatoms. The number of aromatic nitrogens is 3. The molecule has 0 radical (unpaired) electrons. The number of nitrogens with zero attached hydrogens (tertiary/aromatic N) is 3. The molecule has 86 valence electrons. The van der Waals surface area contributed by atoms with Crippen LogP contribution in [0.2, 0.25) is 0 Å². The van der Waals surface area contributed by atoms with Gasteiger partial charge in [0.25, 0.3) is 0 Å². The lowest BCUT2D eigenvalue weighted by Crippen LogP contribution is -1.99. The molecule has 0 fully saturated rings. The molecule has 1 unspecified atom stereocenters. The first-order valence-electron chi connectivity index (χ1n) is 4.77. The minimum absolute atomic E-state index is 0.273. The van der Waals surface area contributed by atoms with Crippen LogP contribution in [0.4, 0.5) is 6.01 Å². The predicted octanol–water partition coefficient (Wildman–Crippen LogP) is 2.75. The third kappa shape index (κ3) is 2.70. The van der Waals surface area contributed by atoms with E-state index in [1.165, 1.54) is 0 Å². The van der Waals surface area contributed by atoms with Gasteiger partial charge in [-0.15, -0.1) is 28.0 Å². The fourth-order valence-corrected chi connectivity index (χ4v) is 1.90. The Bertz CT molecular complexity index is 468. The van der Waals surface area contributed by atoms with Gasteiger partial charge in [0, 0.05) is 11.1 Å². The van der Waals surface area contributed by atoms with E-state index in [1.54, 1.807) is 18.3 Å². The summed E-state index contributed by atoms with van der Waals surface area (Å²) in [4.78, 5) is 4.31. The number of aryl methyl sites for hydroxylation is 1. The summed E-state index contributed by atoms with van der Waals surface area (Å²) in [6, 6.07) is 0.371. The van der Waals surface area contributed by atoms with Gasteiger partial charge in [0.1, 0.15) is 10.4 Å². The van der Waals surface area contributed by atoms with Gasteiger partial charge in [-0.1, -0.05) is 5.10 Å². The molecule has 0 aromatic carbocycles. The molecular weight excluding hydrogens is 248 g/mol. The van der Waals surface area contributed by atoms with Gasteiger partial charge in [-0.05, 0) is 13.8 Å². The Morgan fingerprint density at radius 3 is 2.94 bits per heavy atom. The van der Waals surface area contributed by atoms with Gasteiger partial charge in [-0.25, -0.2) is 4.98 Å². The summed E-state index contributed by atoms with van der Waals surface area (Å²) in [5, 5.41) is 13.3. The minimum Gasteiger partial charge on any atom is -0.406 e. The van der Waals surface area contributed by atoms with Crippen molar-refractivity contribution in [2.45, 2.75) is 25.8 Å². The molecule has 0 aliphatic rings. The molecule has 0 aliphatic heterocycles. The Morgan fingerprint density at radius 2 is 2.38 bits per heavy atom. The van der Waals surface area contributed by atoms with Gasteiger partial charge >= 0.3 is 6.01 Å². The van der Waals surface area contributed by atoms with E-state index in [0.29, 0.717) is 18.5 Å². The zero-order valence-corrected chi connectivity index (χ0v) is 10.5. The standard InChI is InChI=1S/C9H11ClN4OS/c1-5-4-16-7(12-5)3-11-9-14-13-8(15-9)6(2)10/h4,6H,3H2,1-2H3,(H,11,14). The van der Waals surface area contributed by atoms with Crippen LogP contribution in [0.1, 0.15) is 28.9 Å². The van der Waals surface area contributed by atoms with Gasteiger partial charge in [0.2, 0.25) is 5.89 Å². The van der Waals surface area contributed by atoms with Gasteiger partial charge in [0.05, 0.1) is 6.54 Å². The maximum Gasteiger partial charge on any atom is 0.315 e. The molecule has 5 nitrogen and oxygen atoms in total. The summed E-state index contributed by atoms with van der Waals surface area (Å²) >= 11 is 7.40. The lowest BCUT2D eigenvalue weighted by atomic mass is 10.5. The fraction of sp³-hybridized carbons (Fsp3) is 0.444. The van der Waals surface area contributed by atoms with Gasteiger partial charge in [0.15, 0.2) is 0 Å². The van der Waals surface area contributed by atoms with Crippen molar-refractivity contribution in [3.8, 4) is 0 Å². The summed E-state index contributed by atoms with van der Waals surface area (Å²) < 4.78 is 5.29. The average molecular weight is 259 g/mol. The lowest BCUT2D eigenvalue weighted by Gasteiger charge is -1.96. The van der Waals surface area contributed by atoms with E-state index in [-0.39, 0.29) is 5.38 Å². The highest BCUT2D eigenvalue weighted by molar-refractivity contribution is 7.09. The quantitative estimate of drug-likeness (QED) is 0.855. The first kappa shape index (κ1) is 11.3. The van der Waals surface area contributed by atoms with E-state index < -0.39 is 0 Å². The Balaban J connectivity index is 1.94. The van der Waals surface area contributed by atoms with Crippen LogP contribution in [0.25, 0.3) is 0 Å². The lowest BCUT2D eigenvalue weighted by molar-refractivity contribution is 0.505. The molecule has 16 heavy (non-hydrogen) atoms. The number of nitrogens with one attached hydrogen (secondary N) is 1. The third-order valence-corrected chi connectivity index (χ3v) is 2.99. The molecule has 1 N–H and O–H groups in total. The molecule has 0 aliphatic carbocycles. The monoisotopic (exact) mass is 258 g/mol. The number of hydrogen-bond acceptors (Lipinski definition) is 6. The zero-order valence-electron chi connectivity index (χ0n) is 8.90. The van der Waals surface area contributed by atoms with Crippen LogP contribution in [0, 0.1) is 6.92 Å². The first-order chi connectivity index (χ1) is 7.65. The van der Waals surface area contributed by atoms with Crippen molar-refractivity contribution in [2.75, 3.05) is 5.32 Å². The Hall–Kier alpha value is -1.14. The average Bonchev–Trinajstić information content (AvgIpc) is 2.83. The Morgan fingerprint density at radius 1 is 1.56 bits per heavy atom. The van der Waals surface area contributed by atoms with Crippen LogP contribution in [0.5, 0.6) is 0 Å². The summed E-state index contributed by atoms with van der Waals surface area (Å²) in [6.45, 7) is 4.32. The van der Waals surface area contributed by atoms with Crippen molar-refractivity contribution >= 4 is 29.0 Å². The number of hydrogen-bond donors (Lipinski definition) is 1. The molecule has 0 saturated heterocycles. The largest absolute Gasteiger partial charge is 0.406 e. The van der Waals surface area contributed by atoms with E-state index in [1.807, 2.05) is 12.3 Å². The molecule has 0 bridgehead atoms. The maximum atomic E-state index is 5.80. The third-order valence-electron chi connectivity index (χ3n) is 1.84. The molecule has 2 aromatic rings. The van der Waals surface area contributed by atoms with Crippen LogP contribution in [0.15, 0.2) is 9.80 Å². The summed E-state index contributed by atoms with van der Waals surface area (Å²) in [6.07, 6.45) is 0. The molecule has 2 heterocycles. The Kier molecular flexibility index (Phi) is 3.40. The van der Waals surface area contributed by atoms with E-state index in [2.05, 4.69) is 20.5 Å². The van der Waals surface area contributed by atoms with Crippen molar-refractivity contribution in [3.05, 3.63) is 22.0 Å². The second-order valence-corrected chi connectivity index (χ2v) is 4.89. The van der Waals surface area contributed by atoms with Gasteiger partial charge in [-0.2, -0.15) is 0 Å². The molecule has 2 aromatic heterocycles. The second kappa shape index (κ2) is 4.80. The first-order valence-corrected chi connectivity index (χ1v) is 6.09. The number of thiazole rings is 1. The van der Waals surface area contributed by atoms with Crippen molar-refractivity contribution in [3.63, 3.8) is 0 Å². The number of rotatable bonds is 4. The highest BCUT2D eigenvalue weighted by Crippen LogP contribution is 2.19. The van der Waals surface area contributed by atoms with Gasteiger partial charge < -0.3 is 9.73 Å². The molecule has 0 spiro atoms. The van der Waals surface area contributed by atoms with Gasteiger partial charge in [-0.3, -0.25) is 0 Å². The summed E-state index contributed by atoms with van der Waals surface area (Å²) in [5.74, 6) is 0.416. The number of halogens is 1. The second-order valence-electron chi connectivity index (χ2n) is 3.30. The molecule has 2 rings (SSSR count). The normalized spacial score (nSPS) is 12.7. The topological polar surface area (TPSA) is 63.8 Å². The highest BCUT2D eigenvalue weighted by Gasteiger charge is 2.10. The smallest absolute Gasteiger partial charge is 0.315 e. The zero-order chi connectivity index (χ0) is 11.5. The van der Waals surface area contributed by atoms with E-state index >= 15 is 0 Å². The Labute approximate surface area is 102 Å². The van der Waals surface area contributed by atoms with Crippen molar-refractivity contribution in [2.24, 2.45) is 0 Å². The SMILES string of the molecule is Cc1csc(CNc2nnc(C(C)Cl)o2)n1. The van der Waals surface area contributed by atoms with Crippen LogP contribution < -0.4 is 5.32 Å². The van der Waals surface area contributed by atoms with Crippen LogP contribution in [0.3, 0.4) is 0 Å². The van der Waals surface area contributed by atoms with E-state index in [4.69, 9.17) is 16.0 Å². The highest BCUT2D eigenvalue weighted by atomic mass is 35.5. The molecule has 1 atom stereocenters. The van der Waals surface area contributed by atoms with Crippen LogP contribution in [-0.2, 0) is 6.54 Å². The number of anilines is 1. The summed E-state index contributed by atoms with van der Waals surface area (Å²) in [7, 11) is 0. The summed E-state index contributed by atoms with van der Waals surface area (Å²) in [5.41, 5.74) is 1.02. The van der Waals surface area contributed by atoms with E-state index in [9.17, 15) is 0 Å². The maximum absolute atomic E-state index is 5.80. The minimum atomic E-state index is -0.273.